The summed E-state index contributed by atoms with van der Waals surface area (Å²) >= 11 is 0. The lowest BCUT2D eigenvalue weighted by molar-refractivity contribution is -0.252. The van der Waals surface area contributed by atoms with Crippen molar-refractivity contribution in [2.45, 2.75) is 63.6 Å². The van der Waals surface area contributed by atoms with Gasteiger partial charge in [0.2, 0.25) is 11.8 Å². The topological polar surface area (TPSA) is 120 Å². The maximum Gasteiger partial charge on any atom is 0.243 e. The number of hydrogen-bond donors (Lipinski definition) is 4. The number of aliphatic hydroxyl groups excluding tert-OH is 1. The van der Waals surface area contributed by atoms with Gasteiger partial charge in [0.1, 0.15) is 0 Å². The highest BCUT2D eigenvalue weighted by Gasteiger charge is 2.32. The lowest BCUT2D eigenvalue weighted by atomic mass is 9.99. The van der Waals surface area contributed by atoms with Gasteiger partial charge in [0.15, 0.2) is 6.29 Å². The molecule has 0 aromatic heterocycles. The van der Waals surface area contributed by atoms with E-state index in [-0.39, 0.29) is 31.1 Å². The van der Waals surface area contributed by atoms with Crippen molar-refractivity contribution >= 4 is 17.5 Å². The molecule has 3 rings (SSSR count). The van der Waals surface area contributed by atoms with E-state index in [4.69, 9.17) is 14.7 Å². The van der Waals surface area contributed by atoms with Crippen LogP contribution >= 0.6 is 0 Å². The Balaban J connectivity index is 1.60. The molecule has 0 unspecified atom stereocenters. The van der Waals surface area contributed by atoms with Crippen LogP contribution in [-0.2, 0) is 25.7 Å². The van der Waals surface area contributed by atoms with Gasteiger partial charge in [-0.3, -0.25) is 14.8 Å². The van der Waals surface area contributed by atoms with E-state index in [9.17, 15) is 14.7 Å². The van der Waals surface area contributed by atoms with Crippen LogP contribution in [0.25, 0.3) is 0 Å². The Morgan fingerprint density at radius 2 is 1.66 bits per heavy atom. The summed E-state index contributed by atoms with van der Waals surface area (Å²) in [5.74, 6) is -0.507. The summed E-state index contributed by atoms with van der Waals surface area (Å²) in [5, 5.41) is 20.8. The third-order valence-electron chi connectivity index (χ3n) is 6.47. The molecule has 2 aromatic carbocycles. The first-order valence-electron chi connectivity index (χ1n) is 13.0. The molecule has 9 heteroatoms. The number of aliphatic hydroxyl groups is 1. The SMILES string of the molecule is C=CCN(C)C[C@H]1C[C@@H](c2ccc(CO)cc2)O[C@@H](c2ccc(NC(=O)CCCCCC(=O)NO)cc2)O1. The Bertz CT molecular complexity index is 1030. The number of anilines is 1. The third kappa shape index (κ3) is 9.34. The van der Waals surface area contributed by atoms with Crippen LogP contribution < -0.4 is 10.8 Å². The smallest absolute Gasteiger partial charge is 0.243 e. The largest absolute Gasteiger partial charge is 0.392 e. The number of nitrogens with zero attached hydrogens (tertiary/aromatic N) is 1. The van der Waals surface area contributed by atoms with Crippen molar-refractivity contribution in [2.24, 2.45) is 0 Å². The molecule has 2 aromatic rings. The van der Waals surface area contributed by atoms with E-state index in [1.54, 1.807) is 5.48 Å². The first-order valence-corrected chi connectivity index (χ1v) is 13.0. The number of carbonyl (C=O) groups excluding carboxylic acids is 2. The van der Waals surface area contributed by atoms with E-state index < -0.39 is 12.2 Å². The van der Waals surface area contributed by atoms with E-state index in [1.807, 2.05) is 61.7 Å². The number of ether oxygens (including phenoxy) is 2. The minimum Gasteiger partial charge on any atom is -0.392 e. The minimum absolute atomic E-state index is 0.00124. The Morgan fingerprint density at radius 3 is 2.29 bits per heavy atom. The van der Waals surface area contributed by atoms with Gasteiger partial charge in [-0.15, -0.1) is 6.58 Å². The Kier molecular flexibility index (Phi) is 11.9. The molecule has 3 atom stereocenters. The van der Waals surface area contributed by atoms with Gasteiger partial charge >= 0.3 is 0 Å². The first-order chi connectivity index (χ1) is 18.4. The van der Waals surface area contributed by atoms with Crippen molar-refractivity contribution in [3.63, 3.8) is 0 Å². The fraction of sp³-hybridized carbons (Fsp3) is 0.448. The summed E-state index contributed by atoms with van der Waals surface area (Å²) in [4.78, 5) is 25.5. The molecule has 38 heavy (non-hydrogen) atoms. The summed E-state index contributed by atoms with van der Waals surface area (Å²) in [7, 11) is 2.03. The molecular formula is C29H39N3O6. The van der Waals surface area contributed by atoms with Gasteiger partial charge in [0, 0.05) is 43.6 Å². The second-order valence-electron chi connectivity index (χ2n) is 9.63. The van der Waals surface area contributed by atoms with Gasteiger partial charge in [-0.05, 0) is 43.1 Å². The van der Waals surface area contributed by atoms with E-state index >= 15 is 0 Å². The van der Waals surface area contributed by atoms with Crippen molar-refractivity contribution in [1.82, 2.24) is 10.4 Å². The van der Waals surface area contributed by atoms with E-state index in [0.29, 0.717) is 31.4 Å². The van der Waals surface area contributed by atoms with Gasteiger partial charge in [-0.1, -0.05) is 48.9 Å². The monoisotopic (exact) mass is 525 g/mol. The number of benzene rings is 2. The molecule has 0 radical (unpaired) electrons. The van der Waals surface area contributed by atoms with Crippen LogP contribution in [-0.4, -0.2) is 53.3 Å². The van der Waals surface area contributed by atoms with Crippen LogP contribution in [0.4, 0.5) is 5.69 Å². The van der Waals surface area contributed by atoms with Gasteiger partial charge in [-0.25, -0.2) is 5.48 Å². The summed E-state index contributed by atoms with van der Waals surface area (Å²) in [5.41, 5.74) is 5.04. The number of rotatable bonds is 14. The summed E-state index contributed by atoms with van der Waals surface area (Å²) < 4.78 is 12.7. The second kappa shape index (κ2) is 15.4. The van der Waals surface area contributed by atoms with Crippen molar-refractivity contribution in [3.8, 4) is 0 Å². The quantitative estimate of drug-likeness (QED) is 0.126. The van der Waals surface area contributed by atoms with Crippen molar-refractivity contribution in [2.75, 3.05) is 25.5 Å². The van der Waals surface area contributed by atoms with Crippen molar-refractivity contribution in [1.29, 1.82) is 0 Å². The van der Waals surface area contributed by atoms with Gasteiger partial charge < -0.3 is 24.8 Å². The molecule has 1 fully saturated rings. The number of hydroxylamine groups is 1. The minimum atomic E-state index is -0.561. The zero-order chi connectivity index (χ0) is 27.3. The van der Waals surface area contributed by atoms with Crippen LogP contribution in [0.3, 0.4) is 0 Å². The first kappa shape index (κ1) is 29.5. The van der Waals surface area contributed by atoms with Crippen molar-refractivity contribution < 1.29 is 29.4 Å². The standard InChI is InChI=1S/C29H39N3O6/c1-3-17-32(2)19-25-18-26(22-11-9-21(20-33)10-12-22)38-29(37-25)23-13-15-24(16-14-23)30-27(34)7-5-4-6-8-28(35)31-36/h3,9-16,25-26,29,33,36H,1,4-8,17-20H2,2H3,(H,30,34)(H,31,35)/t25-,26+,29+/m1/s1. The Labute approximate surface area is 224 Å². The predicted molar refractivity (Wildman–Crippen MR) is 144 cm³/mol. The van der Waals surface area contributed by atoms with Gasteiger partial charge in [0.05, 0.1) is 18.8 Å². The number of amides is 2. The lowest BCUT2D eigenvalue weighted by Gasteiger charge is -2.37. The third-order valence-corrected chi connectivity index (χ3v) is 6.47. The van der Waals surface area contributed by atoms with E-state index in [1.165, 1.54) is 0 Å². The molecular weight excluding hydrogens is 486 g/mol. The molecule has 2 amide bonds. The maximum atomic E-state index is 12.3. The molecule has 1 saturated heterocycles. The van der Waals surface area contributed by atoms with Gasteiger partial charge in [-0.2, -0.15) is 0 Å². The fourth-order valence-electron chi connectivity index (χ4n) is 4.43. The molecule has 0 saturated carbocycles. The molecule has 1 heterocycles. The fourth-order valence-corrected chi connectivity index (χ4v) is 4.43. The second-order valence-corrected chi connectivity index (χ2v) is 9.63. The molecule has 9 nitrogen and oxygen atoms in total. The summed E-state index contributed by atoms with van der Waals surface area (Å²) in [6.07, 6.45) is 4.40. The summed E-state index contributed by atoms with van der Waals surface area (Å²) in [6.45, 7) is 5.31. The van der Waals surface area contributed by atoms with Gasteiger partial charge in [0.25, 0.3) is 0 Å². The van der Waals surface area contributed by atoms with Crippen LogP contribution in [0, 0.1) is 0 Å². The normalized spacial score (nSPS) is 19.2. The number of nitrogens with one attached hydrogen (secondary N) is 2. The number of likely N-dealkylation sites (N-methyl/N-ethyl adjacent to an activating group) is 1. The highest BCUT2D eigenvalue weighted by atomic mass is 16.7. The van der Waals surface area contributed by atoms with Crippen LogP contribution in [0.15, 0.2) is 61.2 Å². The van der Waals surface area contributed by atoms with E-state index in [0.717, 1.165) is 36.2 Å². The zero-order valence-corrected chi connectivity index (χ0v) is 22.0. The Hall–Kier alpha value is -3.08. The lowest BCUT2D eigenvalue weighted by Crippen LogP contribution is -2.37. The van der Waals surface area contributed by atoms with Crippen LogP contribution in [0.2, 0.25) is 0 Å². The highest BCUT2D eigenvalue weighted by Crippen LogP contribution is 2.38. The Morgan fingerprint density at radius 1 is 1.00 bits per heavy atom. The molecule has 1 aliphatic rings. The highest BCUT2D eigenvalue weighted by molar-refractivity contribution is 5.90. The van der Waals surface area contributed by atoms with Crippen LogP contribution in [0.5, 0.6) is 0 Å². The predicted octanol–water partition coefficient (Wildman–Crippen LogP) is 4.24. The molecule has 4 N–H and O–H groups in total. The number of hydrogen-bond acceptors (Lipinski definition) is 7. The molecule has 0 bridgehead atoms. The average Bonchev–Trinajstić information content (AvgIpc) is 2.93. The number of unbranched alkanes of at least 4 members (excludes halogenated alkanes) is 2. The number of carbonyl (C=O) groups is 2. The average molecular weight is 526 g/mol. The molecule has 0 aliphatic carbocycles. The summed E-state index contributed by atoms with van der Waals surface area (Å²) in [6, 6.07) is 15.3. The van der Waals surface area contributed by atoms with Crippen molar-refractivity contribution in [3.05, 3.63) is 77.9 Å². The molecule has 0 spiro atoms. The maximum absolute atomic E-state index is 12.3. The molecule has 1 aliphatic heterocycles. The zero-order valence-electron chi connectivity index (χ0n) is 22.0. The van der Waals surface area contributed by atoms with E-state index in [2.05, 4.69) is 16.8 Å². The van der Waals surface area contributed by atoms with Crippen LogP contribution in [0.1, 0.15) is 67.6 Å². The molecule has 206 valence electrons.